The van der Waals surface area contributed by atoms with Gasteiger partial charge in [-0.05, 0) is 44.2 Å². The number of nitrogens with one attached hydrogen (secondary N) is 2. The van der Waals surface area contributed by atoms with E-state index in [9.17, 15) is 10.1 Å². The molecule has 0 unspecified atom stereocenters. The lowest BCUT2D eigenvalue weighted by Gasteiger charge is -2.37. The van der Waals surface area contributed by atoms with Crippen LogP contribution in [0.1, 0.15) is 26.6 Å². The van der Waals surface area contributed by atoms with Crippen molar-refractivity contribution in [2.24, 2.45) is 0 Å². The molecule has 0 aliphatic carbocycles. The van der Waals surface area contributed by atoms with Gasteiger partial charge in [0.1, 0.15) is 17.2 Å². The molecule has 1 aromatic carbocycles. The van der Waals surface area contributed by atoms with Gasteiger partial charge in [0.05, 0.1) is 0 Å². The molecule has 2 aromatic heterocycles. The normalized spacial score (nSPS) is 14.8. The number of H-pyrrole nitrogens is 1. The van der Waals surface area contributed by atoms with E-state index in [0.717, 1.165) is 22.1 Å². The fourth-order valence-corrected chi connectivity index (χ4v) is 3.60. The first kappa shape index (κ1) is 22.0. The summed E-state index contributed by atoms with van der Waals surface area (Å²) in [4.78, 5) is 20.6. The van der Waals surface area contributed by atoms with Crippen molar-refractivity contribution in [2.75, 3.05) is 36.4 Å². The maximum atomic E-state index is 12.4. The second kappa shape index (κ2) is 9.12. The zero-order valence-electron chi connectivity index (χ0n) is 18.7. The molecule has 3 heterocycles. The molecular weight excluding hydrogens is 422 g/mol. The van der Waals surface area contributed by atoms with Gasteiger partial charge in [0.15, 0.2) is 0 Å². The largest absolute Gasteiger partial charge is 0.444 e. The van der Waals surface area contributed by atoms with E-state index in [2.05, 4.69) is 41.9 Å². The number of tetrazole rings is 1. The number of allylic oxidation sites excluding steroid dienone is 1. The minimum Gasteiger partial charge on any atom is -0.444 e. The molecule has 1 amide bonds. The number of carbonyl (C=O) groups excluding carboxylic acids is 1. The molecule has 33 heavy (non-hydrogen) atoms. The fourth-order valence-electron chi connectivity index (χ4n) is 3.60. The van der Waals surface area contributed by atoms with Crippen molar-refractivity contribution >= 4 is 33.8 Å². The summed E-state index contributed by atoms with van der Waals surface area (Å²) in [5.41, 5.74) is 1.60. The van der Waals surface area contributed by atoms with Crippen molar-refractivity contribution in [3.8, 4) is 6.07 Å². The van der Waals surface area contributed by atoms with Gasteiger partial charge in [-0.3, -0.25) is 4.98 Å². The minimum absolute atomic E-state index is 0.215. The van der Waals surface area contributed by atoms with Crippen LogP contribution in [0.5, 0.6) is 0 Å². The van der Waals surface area contributed by atoms with E-state index in [1.54, 1.807) is 23.5 Å². The highest BCUT2D eigenvalue weighted by Gasteiger charge is 2.26. The maximum Gasteiger partial charge on any atom is 0.410 e. The molecule has 1 aliphatic rings. The van der Waals surface area contributed by atoms with Crippen molar-refractivity contribution in [2.45, 2.75) is 26.4 Å². The highest BCUT2D eigenvalue weighted by molar-refractivity contribution is 6.02. The van der Waals surface area contributed by atoms with E-state index >= 15 is 0 Å². The fraction of sp³-hybridized carbons (Fsp3) is 0.364. The highest BCUT2D eigenvalue weighted by Crippen LogP contribution is 2.32. The minimum atomic E-state index is -0.510. The Bertz CT molecular complexity index is 1200. The molecular formula is C22H25N9O2. The summed E-state index contributed by atoms with van der Waals surface area (Å²) in [6, 6.07) is 8.00. The Balaban J connectivity index is 1.53. The van der Waals surface area contributed by atoms with Crippen molar-refractivity contribution < 1.29 is 9.53 Å². The van der Waals surface area contributed by atoms with E-state index in [4.69, 9.17) is 4.74 Å². The van der Waals surface area contributed by atoms with Crippen LogP contribution < -0.4 is 10.2 Å². The van der Waals surface area contributed by atoms with Crippen molar-refractivity contribution in [1.82, 2.24) is 30.5 Å². The molecule has 3 aromatic rings. The topological polar surface area (TPSA) is 136 Å². The van der Waals surface area contributed by atoms with Gasteiger partial charge in [0.2, 0.25) is 5.82 Å². The Morgan fingerprint density at radius 3 is 2.67 bits per heavy atom. The first-order valence-corrected chi connectivity index (χ1v) is 10.6. The summed E-state index contributed by atoms with van der Waals surface area (Å²) in [5, 5.41) is 28.0. The van der Waals surface area contributed by atoms with Gasteiger partial charge in [-0.1, -0.05) is 0 Å². The molecule has 0 radical (unpaired) electrons. The Morgan fingerprint density at radius 2 is 2.00 bits per heavy atom. The molecule has 4 rings (SSSR count). The van der Waals surface area contributed by atoms with E-state index in [1.165, 1.54) is 0 Å². The molecule has 2 N–H and O–H groups in total. The smallest absolute Gasteiger partial charge is 0.410 e. The van der Waals surface area contributed by atoms with E-state index in [1.807, 2.05) is 39.0 Å². The van der Waals surface area contributed by atoms with Crippen molar-refractivity contribution in [3.05, 3.63) is 42.6 Å². The van der Waals surface area contributed by atoms with Crippen LogP contribution in [-0.2, 0) is 4.74 Å². The average Bonchev–Trinajstić information content (AvgIpc) is 3.33. The molecule has 0 bridgehead atoms. The number of nitrogens with zero attached hydrogens (tertiary/aromatic N) is 7. The first-order valence-electron chi connectivity index (χ1n) is 10.6. The maximum absolute atomic E-state index is 12.4. The SMILES string of the molecule is CC(C)(C)OC(=O)N1CCN(c2ccc(NC=C(C#N)c3nn[nH]n3)c3cnccc23)CC1. The van der Waals surface area contributed by atoms with Crippen LogP contribution in [0.3, 0.4) is 0 Å². The highest BCUT2D eigenvalue weighted by atomic mass is 16.6. The van der Waals surface area contributed by atoms with Crippen molar-refractivity contribution in [3.63, 3.8) is 0 Å². The third-order valence-corrected chi connectivity index (χ3v) is 5.15. The molecule has 1 fully saturated rings. The summed E-state index contributed by atoms with van der Waals surface area (Å²) in [6.07, 6.45) is 4.80. The molecule has 1 aliphatic heterocycles. The number of fused-ring (bicyclic) bond motifs is 1. The Morgan fingerprint density at radius 1 is 1.21 bits per heavy atom. The number of benzene rings is 1. The number of carbonyl (C=O) groups is 1. The van der Waals surface area contributed by atoms with Crippen LogP contribution in [-0.4, -0.2) is 68.4 Å². The standard InChI is InChI=1S/C22H25N9O2/c1-22(2,3)33-21(32)31-10-8-30(9-11-31)19-5-4-18(17-14-24-7-6-16(17)19)25-13-15(12-23)20-26-28-29-27-20/h4-7,13-14,25H,8-11H2,1-3H3,(H,26,27,28,29). The number of aromatic amines is 1. The summed E-state index contributed by atoms with van der Waals surface area (Å²) in [5.74, 6) is 0.215. The number of amides is 1. The lowest BCUT2D eigenvalue weighted by Crippen LogP contribution is -2.50. The number of piperazine rings is 1. The molecule has 11 heteroatoms. The summed E-state index contributed by atoms with van der Waals surface area (Å²) < 4.78 is 5.50. The van der Waals surface area contributed by atoms with Gasteiger partial charge in [-0.2, -0.15) is 10.5 Å². The van der Waals surface area contributed by atoms with Crippen LogP contribution in [0, 0.1) is 11.3 Å². The average molecular weight is 448 g/mol. The summed E-state index contributed by atoms with van der Waals surface area (Å²) >= 11 is 0. The van der Waals surface area contributed by atoms with Gasteiger partial charge < -0.3 is 19.9 Å². The first-order chi connectivity index (χ1) is 15.9. The lowest BCUT2D eigenvalue weighted by molar-refractivity contribution is 0.0240. The number of hydrogen-bond acceptors (Lipinski definition) is 9. The number of nitriles is 1. The Hall–Kier alpha value is -4.20. The third-order valence-electron chi connectivity index (χ3n) is 5.15. The van der Waals surface area contributed by atoms with Gasteiger partial charge in [0, 0.05) is 66.9 Å². The molecule has 0 atom stereocenters. The molecule has 0 saturated carbocycles. The summed E-state index contributed by atoms with van der Waals surface area (Å²) in [6.45, 7) is 8.16. The van der Waals surface area contributed by atoms with Gasteiger partial charge in [-0.15, -0.1) is 10.2 Å². The Kier molecular flexibility index (Phi) is 6.08. The van der Waals surface area contributed by atoms with Crippen LogP contribution in [0.15, 0.2) is 36.8 Å². The van der Waals surface area contributed by atoms with E-state index in [-0.39, 0.29) is 17.5 Å². The second-order valence-corrected chi connectivity index (χ2v) is 8.56. The Labute approximate surface area is 191 Å². The number of rotatable bonds is 4. The zero-order chi connectivity index (χ0) is 23.4. The molecule has 1 saturated heterocycles. The third kappa shape index (κ3) is 5.01. The zero-order valence-corrected chi connectivity index (χ0v) is 18.7. The van der Waals surface area contributed by atoms with Crippen molar-refractivity contribution in [1.29, 1.82) is 5.26 Å². The van der Waals surface area contributed by atoms with E-state index < -0.39 is 5.60 Å². The monoisotopic (exact) mass is 447 g/mol. The second-order valence-electron chi connectivity index (χ2n) is 8.56. The van der Waals surface area contributed by atoms with Crippen LogP contribution in [0.4, 0.5) is 16.2 Å². The van der Waals surface area contributed by atoms with Gasteiger partial charge >= 0.3 is 6.09 Å². The number of ether oxygens (including phenoxy) is 1. The molecule has 170 valence electrons. The molecule has 11 nitrogen and oxygen atoms in total. The molecule has 0 spiro atoms. The van der Waals surface area contributed by atoms with Crippen LogP contribution >= 0.6 is 0 Å². The number of hydrogen-bond donors (Lipinski definition) is 2. The number of aromatic nitrogens is 5. The van der Waals surface area contributed by atoms with E-state index in [0.29, 0.717) is 26.2 Å². The number of anilines is 2. The van der Waals surface area contributed by atoms with Crippen LogP contribution in [0.25, 0.3) is 16.3 Å². The predicted molar refractivity (Wildman–Crippen MR) is 123 cm³/mol. The van der Waals surface area contributed by atoms with Crippen LogP contribution in [0.2, 0.25) is 0 Å². The summed E-state index contributed by atoms with van der Waals surface area (Å²) in [7, 11) is 0. The van der Waals surface area contributed by atoms with Gasteiger partial charge in [0.25, 0.3) is 0 Å². The lowest BCUT2D eigenvalue weighted by atomic mass is 10.1. The van der Waals surface area contributed by atoms with Gasteiger partial charge in [-0.25, -0.2) is 4.79 Å². The predicted octanol–water partition coefficient (Wildman–Crippen LogP) is 2.78. The number of pyridine rings is 1. The quantitative estimate of drug-likeness (QED) is 0.579.